The predicted molar refractivity (Wildman–Crippen MR) is 71.9 cm³/mol. The number of methoxy groups -OCH3 is 1. The van der Waals surface area contributed by atoms with Crippen LogP contribution in [0.15, 0.2) is 24.3 Å². The number of likely N-dealkylation sites (N-methyl/N-ethyl adjacent to an activating group) is 1. The molecule has 4 nitrogen and oxygen atoms in total. The number of carbonyl (C=O) groups excluding carboxylic acids is 1. The molecule has 0 aliphatic rings. The average molecular weight is 249 g/mol. The fraction of sp³-hybridized carbons (Fsp3) is 0.357. The quantitative estimate of drug-likeness (QED) is 0.751. The first-order valence-electron chi connectivity index (χ1n) is 5.78. The third kappa shape index (κ3) is 3.80. The molecule has 1 amide bonds. The molecule has 0 aliphatic heterocycles. The molecule has 0 fully saturated rings. The number of hydrogen-bond acceptors (Lipinski definition) is 3. The van der Waals surface area contributed by atoms with E-state index >= 15 is 0 Å². The molecule has 0 unspecified atom stereocenters. The Kier molecular flexibility index (Phi) is 5.24. The number of hydrogen-bond donors (Lipinski definition) is 0. The van der Waals surface area contributed by atoms with Crippen LogP contribution in [0, 0.1) is 0 Å². The SMILES string of the molecule is CCOc1ccc(/C=C/C(=O)N(C)C)cc1OC. The van der Waals surface area contributed by atoms with Crippen LogP contribution in [-0.4, -0.2) is 38.6 Å². The first-order valence-corrected chi connectivity index (χ1v) is 5.78. The van der Waals surface area contributed by atoms with E-state index in [0.29, 0.717) is 18.1 Å². The number of carbonyl (C=O) groups is 1. The Morgan fingerprint density at radius 3 is 2.61 bits per heavy atom. The molecule has 1 aromatic carbocycles. The van der Waals surface area contributed by atoms with E-state index in [4.69, 9.17) is 9.47 Å². The van der Waals surface area contributed by atoms with Crippen molar-refractivity contribution in [1.29, 1.82) is 0 Å². The van der Waals surface area contributed by atoms with Gasteiger partial charge in [-0.1, -0.05) is 6.07 Å². The summed E-state index contributed by atoms with van der Waals surface area (Å²) >= 11 is 0. The molecule has 0 aromatic heterocycles. The van der Waals surface area contributed by atoms with Crippen LogP contribution in [0.3, 0.4) is 0 Å². The highest BCUT2D eigenvalue weighted by molar-refractivity contribution is 5.91. The van der Waals surface area contributed by atoms with Crippen LogP contribution >= 0.6 is 0 Å². The second kappa shape index (κ2) is 6.69. The summed E-state index contributed by atoms with van der Waals surface area (Å²) in [5.41, 5.74) is 0.894. The summed E-state index contributed by atoms with van der Waals surface area (Å²) in [5, 5.41) is 0. The fourth-order valence-electron chi connectivity index (χ4n) is 1.38. The van der Waals surface area contributed by atoms with Crippen molar-refractivity contribution < 1.29 is 14.3 Å². The first kappa shape index (κ1) is 14.1. The molecule has 1 aromatic rings. The summed E-state index contributed by atoms with van der Waals surface area (Å²) < 4.78 is 10.7. The number of amides is 1. The van der Waals surface area contributed by atoms with Gasteiger partial charge in [-0.05, 0) is 30.7 Å². The molecule has 98 valence electrons. The van der Waals surface area contributed by atoms with Gasteiger partial charge in [0.25, 0.3) is 0 Å². The zero-order valence-electron chi connectivity index (χ0n) is 11.3. The van der Waals surface area contributed by atoms with Gasteiger partial charge in [-0.2, -0.15) is 0 Å². The van der Waals surface area contributed by atoms with Gasteiger partial charge in [-0.3, -0.25) is 4.79 Å². The maximum atomic E-state index is 11.4. The molecule has 0 N–H and O–H groups in total. The molecule has 18 heavy (non-hydrogen) atoms. The Morgan fingerprint density at radius 1 is 1.33 bits per heavy atom. The lowest BCUT2D eigenvalue weighted by Crippen LogP contribution is -2.18. The number of ether oxygens (including phenoxy) is 2. The Balaban J connectivity index is 2.88. The summed E-state index contributed by atoms with van der Waals surface area (Å²) in [6, 6.07) is 5.56. The van der Waals surface area contributed by atoms with Crippen LogP contribution in [0.5, 0.6) is 11.5 Å². The zero-order chi connectivity index (χ0) is 13.5. The highest BCUT2D eigenvalue weighted by Crippen LogP contribution is 2.28. The Labute approximate surface area is 108 Å². The molecule has 0 atom stereocenters. The van der Waals surface area contributed by atoms with Gasteiger partial charge in [-0.25, -0.2) is 0 Å². The lowest BCUT2D eigenvalue weighted by atomic mass is 10.2. The topological polar surface area (TPSA) is 38.8 Å². The van der Waals surface area contributed by atoms with Crippen molar-refractivity contribution >= 4 is 12.0 Å². The number of benzene rings is 1. The second-order valence-electron chi connectivity index (χ2n) is 3.91. The maximum Gasteiger partial charge on any atom is 0.246 e. The van der Waals surface area contributed by atoms with E-state index in [0.717, 1.165) is 5.56 Å². The van der Waals surface area contributed by atoms with Gasteiger partial charge in [0.1, 0.15) is 0 Å². The average Bonchev–Trinajstić information content (AvgIpc) is 2.37. The molecule has 0 saturated carbocycles. The van der Waals surface area contributed by atoms with E-state index in [2.05, 4.69) is 0 Å². The molecule has 0 heterocycles. The molecule has 1 rings (SSSR count). The maximum absolute atomic E-state index is 11.4. The second-order valence-corrected chi connectivity index (χ2v) is 3.91. The van der Waals surface area contributed by atoms with Crippen molar-refractivity contribution in [2.24, 2.45) is 0 Å². The number of nitrogens with zero attached hydrogens (tertiary/aromatic N) is 1. The van der Waals surface area contributed by atoms with Gasteiger partial charge >= 0.3 is 0 Å². The van der Waals surface area contributed by atoms with Gasteiger partial charge in [0, 0.05) is 20.2 Å². The van der Waals surface area contributed by atoms with E-state index in [1.165, 1.54) is 11.0 Å². The summed E-state index contributed by atoms with van der Waals surface area (Å²) in [6.45, 7) is 2.51. The summed E-state index contributed by atoms with van der Waals surface area (Å²) in [6.07, 6.45) is 3.27. The van der Waals surface area contributed by atoms with Crippen LogP contribution in [0.25, 0.3) is 6.08 Å². The standard InChI is InChI=1S/C14H19NO3/c1-5-18-12-8-6-11(10-13(12)17-4)7-9-14(16)15(2)3/h6-10H,5H2,1-4H3/b9-7+. The molecule has 0 spiro atoms. The minimum Gasteiger partial charge on any atom is -0.493 e. The van der Waals surface area contributed by atoms with Gasteiger partial charge in [0.2, 0.25) is 5.91 Å². The van der Waals surface area contributed by atoms with Crippen molar-refractivity contribution in [2.75, 3.05) is 27.8 Å². The third-order valence-electron chi connectivity index (χ3n) is 2.35. The Bertz CT molecular complexity index is 439. The van der Waals surface area contributed by atoms with Crippen LogP contribution in [0.4, 0.5) is 0 Å². The van der Waals surface area contributed by atoms with E-state index in [1.807, 2.05) is 25.1 Å². The van der Waals surface area contributed by atoms with Crippen LogP contribution in [-0.2, 0) is 4.79 Å². The largest absolute Gasteiger partial charge is 0.493 e. The molecule has 0 radical (unpaired) electrons. The van der Waals surface area contributed by atoms with E-state index in [9.17, 15) is 4.79 Å². The normalized spacial score (nSPS) is 10.4. The summed E-state index contributed by atoms with van der Waals surface area (Å²) in [4.78, 5) is 12.9. The zero-order valence-corrected chi connectivity index (χ0v) is 11.3. The monoisotopic (exact) mass is 249 g/mol. The molecule has 0 aliphatic carbocycles. The summed E-state index contributed by atoms with van der Waals surface area (Å²) in [7, 11) is 5.02. The van der Waals surface area contributed by atoms with Gasteiger partial charge in [0.15, 0.2) is 11.5 Å². The molecule has 4 heteroatoms. The van der Waals surface area contributed by atoms with Gasteiger partial charge < -0.3 is 14.4 Å². The van der Waals surface area contributed by atoms with Crippen molar-refractivity contribution in [3.05, 3.63) is 29.8 Å². The van der Waals surface area contributed by atoms with Crippen molar-refractivity contribution in [3.8, 4) is 11.5 Å². The van der Waals surface area contributed by atoms with Gasteiger partial charge in [-0.15, -0.1) is 0 Å². The van der Waals surface area contributed by atoms with Crippen LogP contribution in [0.2, 0.25) is 0 Å². The smallest absolute Gasteiger partial charge is 0.246 e. The van der Waals surface area contributed by atoms with Crippen LogP contribution in [0.1, 0.15) is 12.5 Å². The lowest BCUT2D eigenvalue weighted by molar-refractivity contribution is -0.123. The lowest BCUT2D eigenvalue weighted by Gasteiger charge is -2.09. The Morgan fingerprint density at radius 2 is 2.06 bits per heavy atom. The Hall–Kier alpha value is -1.97. The minimum atomic E-state index is -0.0529. The van der Waals surface area contributed by atoms with Crippen molar-refractivity contribution in [1.82, 2.24) is 4.90 Å². The third-order valence-corrected chi connectivity index (χ3v) is 2.35. The van der Waals surface area contributed by atoms with E-state index < -0.39 is 0 Å². The van der Waals surface area contributed by atoms with Crippen molar-refractivity contribution in [3.63, 3.8) is 0 Å². The highest BCUT2D eigenvalue weighted by atomic mass is 16.5. The highest BCUT2D eigenvalue weighted by Gasteiger charge is 2.04. The fourth-order valence-corrected chi connectivity index (χ4v) is 1.38. The van der Waals surface area contributed by atoms with Crippen molar-refractivity contribution in [2.45, 2.75) is 6.92 Å². The van der Waals surface area contributed by atoms with Crippen LogP contribution < -0.4 is 9.47 Å². The molecular formula is C14H19NO3. The minimum absolute atomic E-state index is 0.0529. The summed E-state index contributed by atoms with van der Waals surface area (Å²) in [5.74, 6) is 1.32. The number of rotatable bonds is 5. The van der Waals surface area contributed by atoms with E-state index in [1.54, 1.807) is 27.3 Å². The molecular weight excluding hydrogens is 230 g/mol. The van der Waals surface area contributed by atoms with Gasteiger partial charge in [0.05, 0.1) is 13.7 Å². The first-order chi connectivity index (χ1) is 8.58. The molecule has 0 saturated heterocycles. The molecule has 0 bridgehead atoms. The predicted octanol–water partition coefficient (Wildman–Crippen LogP) is 2.20. The van der Waals surface area contributed by atoms with E-state index in [-0.39, 0.29) is 5.91 Å².